The molecule has 0 spiro atoms. The number of carbonyl (C=O) groups is 1. The molecular weight excluding hydrogens is 259 g/mol. The van der Waals surface area contributed by atoms with Gasteiger partial charge in [-0.1, -0.05) is 0 Å². The first kappa shape index (κ1) is 14.8. The summed E-state index contributed by atoms with van der Waals surface area (Å²) in [6.45, 7) is 3.74. The molecule has 1 unspecified atom stereocenters. The van der Waals surface area contributed by atoms with Crippen molar-refractivity contribution in [2.45, 2.75) is 25.3 Å². The van der Waals surface area contributed by atoms with Crippen LogP contribution < -0.4 is 10.1 Å². The van der Waals surface area contributed by atoms with E-state index in [0.29, 0.717) is 18.9 Å². The number of hydrogen-bond donors (Lipinski definition) is 1. The van der Waals surface area contributed by atoms with Crippen molar-refractivity contribution in [1.82, 2.24) is 10.2 Å². The Bertz CT molecular complexity index is 455. The van der Waals surface area contributed by atoms with Crippen LogP contribution in [0.4, 0.5) is 4.39 Å². The summed E-state index contributed by atoms with van der Waals surface area (Å²) in [5.74, 6) is 0.417. The number of amides is 1. The first-order valence-electron chi connectivity index (χ1n) is 6.90. The minimum absolute atomic E-state index is 0.0951. The van der Waals surface area contributed by atoms with Crippen LogP contribution >= 0.6 is 0 Å². The molecule has 0 saturated carbocycles. The molecule has 0 aliphatic carbocycles. The minimum Gasteiger partial charge on any atom is -0.492 e. The molecule has 1 N–H and O–H groups in total. The van der Waals surface area contributed by atoms with E-state index in [9.17, 15) is 9.18 Å². The van der Waals surface area contributed by atoms with Crippen LogP contribution in [0, 0.1) is 5.82 Å². The standard InChI is InChI=1S/C15H21FN2O2/c1-15(8-3-9-17-15)14(19)18(2)10-11-20-13-6-4-12(16)5-7-13/h4-7,17H,3,8-11H2,1-2H3. The van der Waals surface area contributed by atoms with Gasteiger partial charge in [0.25, 0.3) is 0 Å². The number of hydrogen-bond acceptors (Lipinski definition) is 3. The topological polar surface area (TPSA) is 41.6 Å². The maximum Gasteiger partial charge on any atom is 0.242 e. The molecule has 1 saturated heterocycles. The molecular formula is C15H21FN2O2. The van der Waals surface area contributed by atoms with E-state index >= 15 is 0 Å². The van der Waals surface area contributed by atoms with E-state index in [0.717, 1.165) is 19.4 Å². The summed E-state index contributed by atoms with van der Waals surface area (Å²) in [5.41, 5.74) is -0.440. The van der Waals surface area contributed by atoms with Crippen LogP contribution in [0.3, 0.4) is 0 Å². The third-order valence-corrected chi connectivity index (χ3v) is 3.70. The van der Waals surface area contributed by atoms with E-state index in [4.69, 9.17) is 4.74 Å². The molecule has 1 aliphatic heterocycles. The Kier molecular flexibility index (Phi) is 4.60. The van der Waals surface area contributed by atoms with Crippen molar-refractivity contribution in [3.8, 4) is 5.75 Å². The molecule has 0 aromatic heterocycles. The average molecular weight is 280 g/mol. The predicted molar refractivity (Wildman–Crippen MR) is 75.2 cm³/mol. The molecule has 5 heteroatoms. The maximum atomic E-state index is 12.7. The van der Waals surface area contributed by atoms with Gasteiger partial charge < -0.3 is 15.0 Å². The number of rotatable bonds is 5. The van der Waals surface area contributed by atoms with Crippen molar-refractivity contribution in [2.75, 3.05) is 26.7 Å². The lowest BCUT2D eigenvalue weighted by atomic mass is 9.99. The van der Waals surface area contributed by atoms with Crippen molar-refractivity contribution < 1.29 is 13.9 Å². The molecule has 1 aromatic rings. The smallest absolute Gasteiger partial charge is 0.242 e. The molecule has 1 heterocycles. The van der Waals surface area contributed by atoms with E-state index in [-0.39, 0.29) is 11.7 Å². The van der Waals surface area contributed by atoms with Crippen molar-refractivity contribution in [1.29, 1.82) is 0 Å². The fourth-order valence-electron chi connectivity index (χ4n) is 2.43. The van der Waals surface area contributed by atoms with Gasteiger partial charge in [0.2, 0.25) is 5.91 Å². The van der Waals surface area contributed by atoms with Crippen molar-refractivity contribution >= 4 is 5.91 Å². The quantitative estimate of drug-likeness (QED) is 0.894. The van der Waals surface area contributed by atoms with E-state index < -0.39 is 5.54 Å². The summed E-state index contributed by atoms with van der Waals surface area (Å²) in [6, 6.07) is 5.87. The molecule has 110 valence electrons. The Morgan fingerprint density at radius 1 is 1.45 bits per heavy atom. The maximum absolute atomic E-state index is 12.7. The highest BCUT2D eigenvalue weighted by Crippen LogP contribution is 2.20. The van der Waals surface area contributed by atoms with Gasteiger partial charge in [-0.15, -0.1) is 0 Å². The normalized spacial score (nSPS) is 21.8. The lowest BCUT2D eigenvalue weighted by Crippen LogP contribution is -2.52. The SMILES string of the molecule is CN(CCOc1ccc(F)cc1)C(=O)C1(C)CCCN1. The molecule has 1 amide bonds. The van der Waals surface area contributed by atoms with Gasteiger partial charge in [0.1, 0.15) is 18.2 Å². The minimum atomic E-state index is -0.440. The van der Waals surface area contributed by atoms with Crippen molar-refractivity contribution in [3.63, 3.8) is 0 Å². The fourth-order valence-corrected chi connectivity index (χ4v) is 2.43. The number of nitrogens with one attached hydrogen (secondary N) is 1. The van der Waals surface area contributed by atoms with Crippen LogP contribution in [0.5, 0.6) is 5.75 Å². The second kappa shape index (κ2) is 6.22. The monoisotopic (exact) mass is 280 g/mol. The molecule has 0 bridgehead atoms. The van der Waals surface area contributed by atoms with Crippen molar-refractivity contribution in [3.05, 3.63) is 30.1 Å². The van der Waals surface area contributed by atoms with Crippen molar-refractivity contribution in [2.24, 2.45) is 0 Å². The lowest BCUT2D eigenvalue weighted by Gasteiger charge is -2.29. The first-order valence-corrected chi connectivity index (χ1v) is 6.90. The first-order chi connectivity index (χ1) is 9.51. The van der Waals surface area contributed by atoms with E-state index in [1.807, 2.05) is 6.92 Å². The Hall–Kier alpha value is -1.62. The molecule has 2 rings (SSSR count). The zero-order valence-corrected chi connectivity index (χ0v) is 12.0. The van der Waals surface area contributed by atoms with Crippen LogP contribution in [0.2, 0.25) is 0 Å². The van der Waals surface area contributed by atoms with Crippen LogP contribution in [0.1, 0.15) is 19.8 Å². The fraction of sp³-hybridized carbons (Fsp3) is 0.533. The lowest BCUT2D eigenvalue weighted by molar-refractivity contribution is -0.136. The highest BCUT2D eigenvalue weighted by Gasteiger charge is 2.37. The number of nitrogens with zero attached hydrogens (tertiary/aromatic N) is 1. The molecule has 1 atom stereocenters. The summed E-state index contributed by atoms with van der Waals surface area (Å²) in [5, 5.41) is 3.25. The average Bonchev–Trinajstić information content (AvgIpc) is 2.88. The van der Waals surface area contributed by atoms with Crippen LogP contribution in [-0.2, 0) is 4.79 Å². The van der Waals surface area contributed by atoms with Gasteiger partial charge in [0.15, 0.2) is 0 Å². The van der Waals surface area contributed by atoms with Gasteiger partial charge in [-0.05, 0) is 50.6 Å². The summed E-state index contributed by atoms with van der Waals surface area (Å²) < 4.78 is 18.2. The number of ether oxygens (including phenoxy) is 1. The Balaban J connectivity index is 1.78. The van der Waals surface area contributed by atoms with Gasteiger partial charge >= 0.3 is 0 Å². The van der Waals surface area contributed by atoms with Crippen LogP contribution in [0.15, 0.2) is 24.3 Å². The summed E-state index contributed by atoms with van der Waals surface area (Å²) in [7, 11) is 1.78. The molecule has 0 radical (unpaired) electrons. The van der Waals surface area contributed by atoms with Gasteiger partial charge in [0.05, 0.1) is 12.1 Å². The third-order valence-electron chi connectivity index (χ3n) is 3.70. The number of likely N-dealkylation sites (N-methyl/N-ethyl adjacent to an activating group) is 1. The molecule has 1 aliphatic rings. The molecule has 20 heavy (non-hydrogen) atoms. The van der Waals surface area contributed by atoms with E-state index in [1.165, 1.54) is 12.1 Å². The largest absolute Gasteiger partial charge is 0.492 e. The number of carbonyl (C=O) groups excluding carboxylic acids is 1. The molecule has 4 nitrogen and oxygen atoms in total. The second-order valence-corrected chi connectivity index (χ2v) is 5.39. The Labute approximate surface area is 118 Å². The van der Waals surface area contributed by atoms with Gasteiger partial charge in [-0.25, -0.2) is 4.39 Å². The number of halogens is 1. The molecule has 1 fully saturated rings. The number of benzene rings is 1. The Morgan fingerprint density at radius 3 is 2.75 bits per heavy atom. The zero-order valence-electron chi connectivity index (χ0n) is 12.0. The van der Waals surface area contributed by atoms with E-state index in [1.54, 1.807) is 24.1 Å². The third kappa shape index (κ3) is 3.48. The predicted octanol–water partition coefficient (Wildman–Crippen LogP) is 1.80. The highest BCUT2D eigenvalue weighted by molar-refractivity contribution is 5.86. The Morgan fingerprint density at radius 2 is 2.15 bits per heavy atom. The van der Waals surface area contributed by atoms with Crippen LogP contribution in [-0.4, -0.2) is 43.1 Å². The van der Waals surface area contributed by atoms with Crippen LogP contribution in [0.25, 0.3) is 0 Å². The summed E-state index contributed by atoms with van der Waals surface area (Å²) in [6.07, 6.45) is 1.90. The summed E-state index contributed by atoms with van der Waals surface area (Å²) >= 11 is 0. The molecule has 1 aromatic carbocycles. The second-order valence-electron chi connectivity index (χ2n) is 5.39. The van der Waals surface area contributed by atoms with Gasteiger partial charge in [-0.2, -0.15) is 0 Å². The van der Waals surface area contributed by atoms with E-state index in [2.05, 4.69) is 5.32 Å². The van der Waals surface area contributed by atoms with Gasteiger partial charge in [-0.3, -0.25) is 4.79 Å². The zero-order chi connectivity index (χ0) is 14.6. The highest BCUT2D eigenvalue weighted by atomic mass is 19.1. The summed E-state index contributed by atoms with van der Waals surface area (Å²) in [4.78, 5) is 14.0. The van der Waals surface area contributed by atoms with Gasteiger partial charge in [0, 0.05) is 7.05 Å².